The van der Waals surface area contributed by atoms with Crippen LogP contribution < -0.4 is 5.32 Å². The van der Waals surface area contributed by atoms with Crippen LogP contribution in [0.3, 0.4) is 0 Å². The molecule has 3 aromatic rings. The average molecular weight is 531 g/mol. The van der Waals surface area contributed by atoms with Crippen LogP contribution in [0.25, 0.3) is 5.57 Å². The predicted molar refractivity (Wildman–Crippen MR) is 168 cm³/mol. The van der Waals surface area contributed by atoms with Gasteiger partial charge in [-0.15, -0.1) is 0 Å². The van der Waals surface area contributed by atoms with E-state index in [1.807, 2.05) is 32.2 Å². The van der Waals surface area contributed by atoms with Crippen molar-refractivity contribution >= 4 is 11.3 Å². The zero-order chi connectivity index (χ0) is 29.4. The predicted octanol–water partition coefficient (Wildman–Crippen LogP) is 9.08. The first kappa shape index (κ1) is 33.5. The van der Waals surface area contributed by atoms with Gasteiger partial charge >= 0.3 is 0 Å². The molecule has 0 aliphatic carbocycles. The molecule has 0 aliphatic heterocycles. The van der Waals surface area contributed by atoms with Gasteiger partial charge in [0, 0.05) is 6.54 Å². The molecule has 0 unspecified atom stereocenters. The van der Waals surface area contributed by atoms with E-state index in [9.17, 15) is 4.39 Å². The van der Waals surface area contributed by atoms with E-state index in [2.05, 4.69) is 94.1 Å². The van der Waals surface area contributed by atoms with E-state index in [4.69, 9.17) is 4.84 Å². The number of nitrogens with one attached hydrogen (secondary N) is 1. The maximum atomic E-state index is 12.9. The van der Waals surface area contributed by atoms with Crippen LogP contribution in [0.2, 0.25) is 0 Å². The summed E-state index contributed by atoms with van der Waals surface area (Å²) in [6, 6.07) is 22.1. The summed E-state index contributed by atoms with van der Waals surface area (Å²) in [6.07, 6.45) is 3.09. The van der Waals surface area contributed by atoms with Crippen molar-refractivity contribution in [2.24, 2.45) is 11.1 Å². The number of aryl methyl sites for hydroxylation is 3. The maximum Gasteiger partial charge on any atom is 0.126 e. The highest BCUT2D eigenvalue weighted by Crippen LogP contribution is 2.27. The summed E-state index contributed by atoms with van der Waals surface area (Å²) in [6.45, 7) is 19.3. The van der Waals surface area contributed by atoms with Crippen LogP contribution in [0.1, 0.15) is 68.0 Å². The van der Waals surface area contributed by atoms with E-state index in [1.165, 1.54) is 27.8 Å². The Morgan fingerprint density at radius 1 is 0.974 bits per heavy atom. The highest BCUT2D eigenvalue weighted by atomic mass is 19.1. The molecular weight excluding hydrogens is 483 g/mol. The Kier molecular flexibility index (Phi) is 15.4. The summed E-state index contributed by atoms with van der Waals surface area (Å²) in [5.74, 6) is 0.386. The molecule has 3 aromatic carbocycles. The van der Waals surface area contributed by atoms with Gasteiger partial charge < -0.3 is 10.2 Å². The highest BCUT2D eigenvalue weighted by molar-refractivity contribution is 5.99. The van der Waals surface area contributed by atoms with Crippen LogP contribution in [0, 0.1) is 25.6 Å². The molecule has 3 rings (SSSR count). The molecule has 0 saturated heterocycles. The Hall–Kier alpha value is -3.50. The Labute approximate surface area is 236 Å². The van der Waals surface area contributed by atoms with Gasteiger partial charge in [0.2, 0.25) is 0 Å². The van der Waals surface area contributed by atoms with Crippen LogP contribution in [0.4, 0.5) is 4.39 Å². The average Bonchev–Trinajstić information content (AvgIpc) is 2.93. The largest absolute Gasteiger partial charge is 0.399 e. The second-order valence-electron chi connectivity index (χ2n) is 9.80. The SMILES string of the molecule is C=C/C(=C(/C)C(C)C)c1ccc(/C(C)=N/OC)cc1C.CCc1ccccc1.CNCc1ccc(C)c(F)c1. The number of hydrogen-bond donors (Lipinski definition) is 1. The number of nitrogens with zero attached hydrogens (tertiary/aromatic N) is 1. The fourth-order valence-corrected chi connectivity index (χ4v) is 3.84. The lowest BCUT2D eigenvalue weighted by Crippen LogP contribution is -2.05. The van der Waals surface area contributed by atoms with Crippen molar-refractivity contribution < 1.29 is 9.23 Å². The highest BCUT2D eigenvalue weighted by Gasteiger charge is 2.10. The Bertz CT molecular complexity index is 1230. The van der Waals surface area contributed by atoms with Gasteiger partial charge in [0.1, 0.15) is 12.9 Å². The van der Waals surface area contributed by atoms with E-state index in [0.29, 0.717) is 11.5 Å². The van der Waals surface area contributed by atoms with Crippen molar-refractivity contribution in [2.75, 3.05) is 14.2 Å². The molecule has 3 nitrogen and oxygen atoms in total. The molecule has 0 amide bonds. The molecule has 0 fully saturated rings. The second-order valence-corrected chi connectivity index (χ2v) is 9.80. The first-order chi connectivity index (χ1) is 18.6. The lowest BCUT2D eigenvalue weighted by atomic mass is 9.90. The summed E-state index contributed by atoms with van der Waals surface area (Å²) in [5, 5.41) is 6.94. The zero-order valence-electron chi connectivity index (χ0n) is 25.4. The van der Waals surface area contributed by atoms with Gasteiger partial charge in [-0.25, -0.2) is 4.39 Å². The normalized spacial score (nSPS) is 11.5. The van der Waals surface area contributed by atoms with Crippen molar-refractivity contribution in [3.05, 3.63) is 124 Å². The van der Waals surface area contributed by atoms with Gasteiger partial charge in [0.05, 0.1) is 5.71 Å². The standard InChI is InChI=1S/C18H25NO.C9H12FN.C8H10/c1-8-17(14(5)12(2)3)18-10-9-16(11-13(18)4)15(6)19-20-7;1-7-3-4-8(6-11-2)5-9(7)10;1-2-8-6-4-3-5-7-8/h8-12H,1H2,2-7H3;3-5,11H,6H2,1-2H3;3-7H,2H2,1H3/b17-14+,19-15+;;. The van der Waals surface area contributed by atoms with Gasteiger partial charge in [0.15, 0.2) is 0 Å². The van der Waals surface area contributed by atoms with E-state index < -0.39 is 0 Å². The van der Waals surface area contributed by atoms with Crippen molar-refractivity contribution in [2.45, 2.75) is 61.4 Å². The third-order valence-corrected chi connectivity index (χ3v) is 6.53. The summed E-state index contributed by atoms with van der Waals surface area (Å²) in [7, 11) is 3.41. The third-order valence-electron chi connectivity index (χ3n) is 6.53. The number of halogens is 1. The fourth-order valence-electron chi connectivity index (χ4n) is 3.84. The smallest absolute Gasteiger partial charge is 0.126 e. The number of benzene rings is 3. The molecule has 0 heterocycles. The number of oxime groups is 1. The van der Waals surface area contributed by atoms with E-state index in [0.717, 1.165) is 29.8 Å². The molecule has 0 spiro atoms. The van der Waals surface area contributed by atoms with Gasteiger partial charge in [-0.1, -0.05) is 98.8 Å². The maximum absolute atomic E-state index is 12.9. The molecule has 39 heavy (non-hydrogen) atoms. The second kappa shape index (κ2) is 17.9. The Balaban J connectivity index is 0.000000332. The molecule has 1 N–H and O–H groups in total. The van der Waals surface area contributed by atoms with Gasteiger partial charge in [-0.3, -0.25) is 0 Å². The molecule has 0 aromatic heterocycles. The Morgan fingerprint density at radius 3 is 2.10 bits per heavy atom. The van der Waals surface area contributed by atoms with Crippen LogP contribution in [-0.4, -0.2) is 19.9 Å². The minimum absolute atomic E-state index is 0.127. The number of hydrogen-bond acceptors (Lipinski definition) is 3. The molecular formula is C35H47FN2O. The van der Waals surface area contributed by atoms with Crippen LogP contribution in [-0.2, 0) is 17.8 Å². The first-order valence-electron chi connectivity index (χ1n) is 13.5. The van der Waals surface area contributed by atoms with Crippen molar-refractivity contribution in [3.63, 3.8) is 0 Å². The first-order valence-corrected chi connectivity index (χ1v) is 13.5. The minimum atomic E-state index is -0.127. The summed E-state index contributed by atoms with van der Waals surface area (Å²) < 4.78 is 12.9. The van der Waals surface area contributed by atoms with Crippen LogP contribution in [0.5, 0.6) is 0 Å². The molecule has 0 bridgehead atoms. The van der Waals surface area contributed by atoms with E-state index in [-0.39, 0.29) is 5.82 Å². The zero-order valence-corrected chi connectivity index (χ0v) is 25.4. The lowest BCUT2D eigenvalue weighted by molar-refractivity contribution is 0.213. The topological polar surface area (TPSA) is 33.6 Å². The molecule has 4 heteroatoms. The monoisotopic (exact) mass is 530 g/mol. The molecule has 210 valence electrons. The minimum Gasteiger partial charge on any atom is -0.399 e. The van der Waals surface area contributed by atoms with Crippen molar-refractivity contribution in [1.82, 2.24) is 5.32 Å². The van der Waals surface area contributed by atoms with E-state index in [1.54, 1.807) is 26.2 Å². The van der Waals surface area contributed by atoms with Gasteiger partial charge in [-0.05, 0) is 98.2 Å². The van der Waals surface area contributed by atoms with Crippen LogP contribution >= 0.6 is 0 Å². The van der Waals surface area contributed by atoms with E-state index >= 15 is 0 Å². The van der Waals surface area contributed by atoms with Gasteiger partial charge in [0.25, 0.3) is 0 Å². The lowest BCUT2D eigenvalue weighted by Gasteiger charge is -2.15. The molecule has 0 saturated carbocycles. The summed E-state index contributed by atoms with van der Waals surface area (Å²) >= 11 is 0. The van der Waals surface area contributed by atoms with Crippen molar-refractivity contribution in [1.29, 1.82) is 0 Å². The molecule has 0 aliphatic rings. The molecule has 0 atom stereocenters. The Morgan fingerprint density at radius 2 is 1.64 bits per heavy atom. The summed E-state index contributed by atoms with van der Waals surface area (Å²) in [5.41, 5.74) is 10.1. The van der Waals surface area contributed by atoms with Crippen molar-refractivity contribution in [3.8, 4) is 0 Å². The number of rotatable bonds is 8. The fraction of sp³-hybridized carbons (Fsp3) is 0.343. The summed E-state index contributed by atoms with van der Waals surface area (Å²) in [4.78, 5) is 4.83. The molecule has 0 radical (unpaired) electrons. The third kappa shape index (κ3) is 11.4. The van der Waals surface area contributed by atoms with Gasteiger partial charge in [-0.2, -0.15) is 0 Å². The number of allylic oxidation sites excluding steroid dienone is 3. The quantitative estimate of drug-likeness (QED) is 0.179. The van der Waals surface area contributed by atoms with Crippen LogP contribution in [0.15, 0.2) is 90.1 Å².